The van der Waals surface area contributed by atoms with Gasteiger partial charge in [0.25, 0.3) is 0 Å². The van der Waals surface area contributed by atoms with Gasteiger partial charge in [0.05, 0.1) is 20.0 Å². The van der Waals surface area contributed by atoms with Gasteiger partial charge in [0.2, 0.25) is 5.91 Å². The standard InChI is InChI=1S/C25H27FN4O4S/c1-4-10-30-23(15-34-20-8-6-5-7-19(20)26)27-28-25(30)35-16-24(31)29-11-9-17-12-21(32-2)22(33-3)13-18(17)14-29/h4-8,12-13H,1,9-11,14-16H2,2-3H3. The third-order valence-corrected chi connectivity index (χ3v) is 6.65. The molecule has 1 aliphatic heterocycles. The molecule has 0 saturated heterocycles. The molecule has 0 atom stereocenters. The van der Waals surface area contributed by atoms with Crippen molar-refractivity contribution in [3.8, 4) is 17.2 Å². The number of rotatable bonds is 10. The average Bonchev–Trinajstić information content (AvgIpc) is 3.27. The fourth-order valence-corrected chi connectivity index (χ4v) is 4.73. The quantitative estimate of drug-likeness (QED) is 0.310. The molecule has 0 aliphatic carbocycles. The van der Waals surface area contributed by atoms with Crippen molar-refractivity contribution in [2.75, 3.05) is 26.5 Å². The van der Waals surface area contributed by atoms with Gasteiger partial charge in [-0.2, -0.15) is 0 Å². The molecule has 0 unspecified atom stereocenters. The van der Waals surface area contributed by atoms with Crippen LogP contribution >= 0.6 is 11.8 Å². The monoisotopic (exact) mass is 498 g/mol. The first-order valence-corrected chi connectivity index (χ1v) is 12.1. The smallest absolute Gasteiger partial charge is 0.233 e. The summed E-state index contributed by atoms with van der Waals surface area (Å²) in [4.78, 5) is 14.8. The van der Waals surface area contributed by atoms with Crippen LogP contribution in [0.5, 0.6) is 17.2 Å². The number of allylic oxidation sites excluding steroid dienone is 1. The summed E-state index contributed by atoms with van der Waals surface area (Å²) in [6, 6.07) is 10.1. The van der Waals surface area contributed by atoms with E-state index < -0.39 is 5.82 Å². The van der Waals surface area contributed by atoms with E-state index in [2.05, 4.69) is 16.8 Å². The van der Waals surface area contributed by atoms with E-state index in [4.69, 9.17) is 14.2 Å². The molecule has 0 bridgehead atoms. The van der Waals surface area contributed by atoms with Crippen LogP contribution < -0.4 is 14.2 Å². The average molecular weight is 499 g/mol. The van der Waals surface area contributed by atoms with E-state index in [1.165, 1.54) is 17.8 Å². The number of nitrogens with zero attached hydrogens (tertiary/aromatic N) is 4. The summed E-state index contributed by atoms with van der Waals surface area (Å²) in [6.07, 6.45) is 2.46. The van der Waals surface area contributed by atoms with Crippen LogP contribution in [0.2, 0.25) is 0 Å². The number of para-hydroxylation sites is 1. The number of halogens is 1. The summed E-state index contributed by atoms with van der Waals surface area (Å²) in [7, 11) is 3.21. The highest BCUT2D eigenvalue weighted by molar-refractivity contribution is 7.99. The largest absolute Gasteiger partial charge is 0.493 e. The van der Waals surface area contributed by atoms with Gasteiger partial charge in [0.15, 0.2) is 34.0 Å². The van der Waals surface area contributed by atoms with Gasteiger partial charge < -0.3 is 19.1 Å². The van der Waals surface area contributed by atoms with Crippen LogP contribution in [0.3, 0.4) is 0 Å². The molecule has 0 saturated carbocycles. The van der Waals surface area contributed by atoms with E-state index >= 15 is 0 Å². The Hall–Kier alpha value is -3.53. The number of thioether (sulfide) groups is 1. The van der Waals surface area contributed by atoms with Crippen molar-refractivity contribution >= 4 is 17.7 Å². The number of amides is 1. The minimum atomic E-state index is -0.443. The van der Waals surface area contributed by atoms with Crippen molar-refractivity contribution in [2.24, 2.45) is 0 Å². The molecule has 0 fully saturated rings. The van der Waals surface area contributed by atoms with Crippen LogP contribution in [-0.2, 0) is 30.9 Å². The zero-order valence-corrected chi connectivity index (χ0v) is 20.5. The summed E-state index contributed by atoms with van der Waals surface area (Å²) in [5.74, 6) is 1.79. The highest BCUT2D eigenvalue weighted by Gasteiger charge is 2.24. The summed E-state index contributed by atoms with van der Waals surface area (Å²) >= 11 is 1.31. The van der Waals surface area contributed by atoms with E-state index in [1.807, 2.05) is 21.6 Å². The van der Waals surface area contributed by atoms with Crippen molar-refractivity contribution in [3.05, 3.63) is 71.8 Å². The van der Waals surface area contributed by atoms with Gasteiger partial charge in [-0.3, -0.25) is 9.36 Å². The van der Waals surface area contributed by atoms with Crippen LogP contribution in [-0.4, -0.2) is 52.1 Å². The van der Waals surface area contributed by atoms with Crippen molar-refractivity contribution < 1.29 is 23.4 Å². The van der Waals surface area contributed by atoms with Gasteiger partial charge in [0, 0.05) is 19.6 Å². The molecule has 2 aromatic carbocycles. The number of fused-ring (bicyclic) bond motifs is 1. The van der Waals surface area contributed by atoms with Crippen molar-refractivity contribution in [2.45, 2.75) is 31.3 Å². The Morgan fingerprint density at radius 1 is 1.14 bits per heavy atom. The third kappa shape index (κ3) is 5.59. The Morgan fingerprint density at radius 3 is 2.60 bits per heavy atom. The van der Waals surface area contributed by atoms with Crippen molar-refractivity contribution in [1.82, 2.24) is 19.7 Å². The normalized spacial score (nSPS) is 12.7. The van der Waals surface area contributed by atoms with Gasteiger partial charge in [0.1, 0.15) is 6.61 Å². The topological polar surface area (TPSA) is 78.7 Å². The van der Waals surface area contributed by atoms with E-state index in [1.54, 1.807) is 38.5 Å². The van der Waals surface area contributed by atoms with Crippen LogP contribution in [0.4, 0.5) is 4.39 Å². The van der Waals surface area contributed by atoms with E-state index in [9.17, 15) is 9.18 Å². The minimum absolute atomic E-state index is 0.00717. The Balaban J connectivity index is 1.40. The lowest BCUT2D eigenvalue weighted by molar-refractivity contribution is -0.129. The fourth-order valence-electron chi connectivity index (χ4n) is 3.86. The highest BCUT2D eigenvalue weighted by Crippen LogP contribution is 2.33. The zero-order valence-electron chi connectivity index (χ0n) is 19.7. The maximum Gasteiger partial charge on any atom is 0.233 e. The second kappa shape index (κ2) is 11.3. The van der Waals surface area contributed by atoms with Crippen LogP contribution in [0.15, 0.2) is 54.2 Å². The van der Waals surface area contributed by atoms with Crippen molar-refractivity contribution in [1.29, 1.82) is 0 Å². The maximum atomic E-state index is 13.9. The first kappa shape index (κ1) is 24.6. The summed E-state index contributed by atoms with van der Waals surface area (Å²) in [5.41, 5.74) is 2.21. The number of hydrogen-bond acceptors (Lipinski definition) is 7. The molecule has 2 heterocycles. The lowest BCUT2D eigenvalue weighted by Gasteiger charge is -2.29. The number of methoxy groups -OCH3 is 2. The molecule has 0 spiro atoms. The van der Waals surface area contributed by atoms with Crippen LogP contribution in [0.1, 0.15) is 17.0 Å². The maximum absolute atomic E-state index is 13.9. The van der Waals surface area contributed by atoms with Gasteiger partial charge >= 0.3 is 0 Å². The van der Waals surface area contributed by atoms with Gasteiger partial charge in [-0.25, -0.2) is 4.39 Å². The number of carbonyl (C=O) groups is 1. The zero-order chi connectivity index (χ0) is 24.8. The van der Waals surface area contributed by atoms with Crippen molar-refractivity contribution in [3.63, 3.8) is 0 Å². The molecule has 0 N–H and O–H groups in total. The lowest BCUT2D eigenvalue weighted by Crippen LogP contribution is -2.37. The van der Waals surface area contributed by atoms with Crippen LogP contribution in [0, 0.1) is 5.82 Å². The Bertz CT molecular complexity index is 1220. The molecule has 4 rings (SSSR count). The molecular weight excluding hydrogens is 471 g/mol. The Kier molecular flexibility index (Phi) is 7.91. The molecule has 0 radical (unpaired) electrons. The molecule has 1 amide bonds. The molecule has 1 aromatic heterocycles. The first-order valence-electron chi connectivity index (χ1n) is 11.1. The summed E-state index contributed by atoms with van der Waals surface area (Å²) in [5, 5.41) is 8.98. The van der Waals surface area contributed by atoms with Gasteiger partial charge in [-0.15, -0.1) is 16.8 Å². The summed E-state index contributed by atoms with van der Waals surface area (Å²) < 4.78 is 32.0. The number of benzene rings is 2. The number of aromatic nitrogens is 3. The van der Waals surface area contributed by atoms with Gasteiger partial charge in [-0.05, 0) is 41.8 Å². The predicted octanol–water partition coefficient (Wildman–Crippen LogP) is 3.88. The number of carbonyl (C=O) groups excluding carboxylic acids is 1. The molecule has 3 aromatic rings. The molecule has 1 aliphatic rings. The van der Waals surface area contributed by atoms with E-state index in [-0.39, 0.29) is 24.0 Å². The predicted molar refractivity (Wildman–Crippen MR) is 130 cm³/mol. The first-order chi connectivity index (χ1) is 17.0. The molecule has 10 heteroatoms. The lowest BCUT2D eigenvalue weighted by atomic mass is 9.99. The third-order valence-electron chi connectivity index (χ3n) is 5.69. The number of ether oxygens (including phenoxy) is 3. The summed E-state index contributed by atoms with van der Waals surface area (Å²) in [6.45, 7) is 5.41. The van der Waals surface area contributed by atoms with Gasteiger partial charge in [-0.1, -0.05) is 30.0 Å². The van der Waals surface area contributed by atoms with E-state index in [0.717, 1.165) is 17.5 Å². The SMILES string of the molecule is C=CCn1c(COc2ccccc2F)nnc1SCC(=O)N1CCc2cc(OC)c(OC)cc2C1. The molecule has 8 nitrogen and oxygen atoms in total. The second-order valence-electron chi connectivity index (χ2n) is 7.85. The van der Waals surface area contributed by atoms with Crippen LogP contribution in [0.25, 0.3) is 0 Å². The fraction of sp³-hybridized carbons (Fsp3) is 0.320. The minimum Gasteiger partial charge on any atom is -0.493 e. The molecule has 184 valence electrons. The Labute approximate surface area is 207 Å². The highest BCUT2D eigenvalue weighted by atomic mass is 32.2. The molecular formula is C25H27FN4O4S. The molecule has 35 heavy (non-hydrogen) atoms. The second-order valence-corrected chi connectivity index (χ2v) is 8.79. The number of hydrogen-bond donors (Lipinski definition) is 0. The van der Waals surface area contributed by atoms with E-state index in [0.29, 0.717) is 42.1 Å². The Morgan fingerprint density at radius 2 is 1.89 bits per heavy atom.